The number of imidazole rings is 1. The van der Waals surface area contributed by atoms with Crippen molar-refractivity contribution in [3.63, 3.8) is 0 Å². The van der Waals surface area contributed by atoms with Crippen LogP contribution in [-0.4, -0.2) is 34.0 Å². The van der Waals surface area contributed by atoms with E-state index in [9.17, 15) is 0 Å². The lowest BCUT2D eigenvalue weighted by Gasteiger charge is -2.10. The minimum atomic E-state index is 0. The van der Waals surface area contributed by atoms with E-state index in [0.717, 1.165) is 54.0 Å². The fourth-order valence-electron chi connectivity index (χ4n) is 2.62. The molecule has 8 heteroatoms. The van der Waals surface area contributed by atoms with E-state index in [1.54, 1.807) is 11.3 Å². The minimum Gasteiger partial charge on any atom is -0.357 e. The maximum atomic E-state index is 4.63. The summed E-state index contributed by atoms with van der Waals surface area (Å²) in [6.07, 6.45) is 5.77. The third-order valence-corrected chi connectivity index (χ3v) is 5.23. The molecule has 0 saturated heterocycles. The van der Waals surface area contributed by atoms with E-state index >= 15 is 0 Å². The second-order valence-corrected chi connectivity index (χ2v) is 7.26. The van der Waals surface area contributed by atoms with Gasteiger partial charge in [-0.15, -0.1) is 35.3 Å². The summed E-state index contributed by atoms with van der Waals surface area (Å²) in [4.78, 5) is 18.2. The van der Waals surface area contributed by atoms with Crippen LogP contribution in [0.2, 0.25) is 0 Å². The van der Waals surface area contributed by atoms with E-state index in [1.165, 1.54) is 4.88 Å². The Bertz CT molecular complexity index is 858. The molecule has 0 amide bonds. The average Bonchev–Trinajstić information content (AvgIpc) is 3.36. The number of nitrogens with zero attached hydrogens (tertiary/aromatic N) is 3. The lowest BCUT2D eigenvalue weighted by molar-refractivity contribution is 0.791. The van der Waals surface area contributed by atoms with Crippen molar-refractivity contribution >= 4 is 41.3 Å². The average molecular weight is 510 g/mol. The summed E-state index contributed by atoms with van der Waals surface area (Å²) in [6, 6.07) is 10.2. The van der Waals surface area contributed by atoms with Gasteiger partial charge in [-0.3, -0.25) is 0 Å². The van der Waals surface area contributed by atoms with Gasteiger partial charge in [0, 0.05) is 30.6 Å². The highest BCUT2D eigenvalue weighted by Crippen LogP contribution is 2.16. The number of hydrogen-bond acceptors (Lipinski definition) is 4. The highest BCUT2D eigenvalue weighted by atomic mass is 127. The molecule has 0 radical (unpaired) electrons. The van der Waals surface area contributed by atoms with Gasteiger partial charge in [0.05, 0.1) is 16.9 Å². The molecule has 3 rings (SSSR count). The molecule has 0 aliphatic rings. The van der Waals surface area contributed by atoms with Gasteiger partial charge in [0.1, 0.15) is 12.4 Å². The Kier molecular flexibility index (Phi) is 9.42. The molecule has 0 unspecified atom stereocenters. The van der Waals surface area contributed by atoms with Crippen molar-refractivity contribution in [1.29, 1.82) is 0 Å². The molecule has 0 saturated carbocycles. The second-order valence-electron chi connectivity index (χ2n) is 6.06. The number of hydrogen-bond donors (Lipinski definition) is 3. The maximum absolute atomic E-state index is 4.63. The summed E-state index contributed by atoms with van der Waals surface area (Å²) in [6.45, 7) is 6.33. The molecule has 0 fully saturated rings. The highest BCUT2D eigenvalue weighted by Gasteiger charge is 2.04. The van der Waals surface area contributed by atoms with E-state index in [0.29, 0.717) is 6.54 Å². The van der Waals surface area contributed by atoms with Crippen LogP contribution in [0.3, 0.4) is 0 Å². The number of aromatic amines is 1. The van der Waals surface area contributed by atoms with Gasteiger partial charge in [0.2, 0.25) is 0 Å². The third kappa shape index (κ3) is 6.59. The molecule has 150 valence electrons. The Labute approximate surface area is 187 Å². The first-order valence-electron chi connectivity index (χ1n) is 9.33. The quantitative estimate of drug-likeness (QED) is 0.243. The zero-order valence-electron chi connectivity index (χ0n) is 16.2. The first kappa shape index (κ1) is 22.4. The van der Waals surface area contributed by atoms with Crippen LogP contribution in [0.25, 0.3) is 11.3 Å². The summed E-state index contributed by atoms with van der Waals surface area (Å²) in [7, 11) is 0. The Morgan fingerprint density at radius 3 is 2.64 bits per heavy atom. The zero-order chi connectivity index (χ0) is 18.9. The number of aryl methyl sites for hydroxylation is 1. The number of aliphatic imine (C=N–C) groups is 1. The number of halogens is 1. The van der Waals surface area contributed by atoms with Gasteiger partial charge in [-0.2, -0.15) is 0 Å². The number of rotatable bonds is 8. The van der Waals surface area contributed by atoms with Crippen LogP contribution in [-0.2, 0) is 19.4 Å². The predicted octanol–water partition coefficient (Wildman–Crippen LogP) is 4.01. The molecule has 2 aromatic heterocycles. The maximum Gasteiger partial charge on any atom is 0.191 e. The van der Waals surface area contributed by atoms with Crippen LogP contribution in [0.1, 0.15) is 29.6 Å². The fourth-order valence-corrected chi connectivity index (χ4v) is 3.48. The monoisotopic (exact) mass is 510 g/mol. The van der Waals surface area contributed by atoms with Gasteiger partial charge in [0.25, 0.3) is 0 Å². The van der Waals surface area contributed by atoms with Crippen LogP contribution >= 0.6 is 35.3 Å². The number of H-pyrrole nitrogens is 1. The molecular weight excluding hydrogens is 483 g/mol. The molecular formula is C20H27IN6S. The third-order valence-electron chi connectivity index (χ3n) is 4.03. The zero-order valence-corrected chi connectivity index (χ0v) is 19.4. The molecule has 0 bridgehead atoms. The first-order chi connectivity index (χ1) is 13.3. The minimum absolute atomic E-state index is 0. The molecule has 1 aromatic carbocycles. The molecule has 28 heavy (non-hydrogen) atoms. The van der Waals surface area contributed by atoms with Crippen LogP contribution in [0, 0.1) is 0 Å². The summed E-state index contributed by atoms with van der Waals surface area (Å²) in [5, 5.41) is 7.80. The van der Waals surface area contributed by atoms with E-state index in [1.807, 2.05) is 30.6 Å². The standard InChI is InChI=1S/C20H26N6S.HI/c1-3-16-12-24-19(27-16)10-11-22-20(21-4-2)25-14-18-23-13-17(26-18)15-8-6-5-7-9-15;/h5-9,12-13H,3-4,10-11,14H2,1-2H3,(H,23,26)(H2,21,22,25);1H. The SMILES string of the molecule is CCNC(=NCc1ncc(-c2ccccc2)[nH]1)NCCc1ncc(CC)s1.I. The van der Waals surface area contributed by atoms with Crippen molar-refractivity contribution < 1.29 is 0 Å². The van der Waals surface area contributed by atoms with Crippen LogP contribution in [0.4, 0.5) is 0 Å². The molecule has 0 aliphatic carbocycles. The van der Waals surface area contributed by atoms with Crippen LogP contribution in [0.15, 0.2) is 47.7 Å². The Morgan fingerprint density at radius 1 is 1.11 bits per heavy atom. The molecule has 0 atom stereocenters. The van der Waals surface area contributed by atoms with Crippen molar-refractivity contribution in [2.24, 2.45) is 4.99 Å². The molecule has 6 nitrogen and oxygen atoms in total. The van der Waals surface area contributed by atoms with Gasteiger partial charge in [0.15, 0.2) is 5.96 Å². The number of nitrogens with one attached hydrogen (secondary N) is 3. The van der Waals surface area contributed by atoms with Crippen molar-refractivity contribution in [2.75, 3.05) is 13.1 Å². The van der Waals surface area contributed by atoms with Crippen LogP contribution in [0.5, 0.6) is 0 Å². The summed E-state index contributed by atoms with van der Waals surface area (Å²) >= 11 is 1.78. The predicted molar refractivity (Wildman–Crippen MR) is 127 cm³/mol. The van der Waals surface area contributed by atoms with E-state index in [4.69, 9.17) is 0 Å². The number of guanidine groups is 1. The molecule has 3 N–H and O–H groups in total. The van der Waals surface area contributed by atoms with Gasteiger partial charge in [-0.25, -0.2) is 15.0 Å². The van der Waals surface area contributed by atoms with Crippen molar-refractivity contribution in [2.45, 2.75) is 33.2 Å². The Balaban J connectivity index is 0.00000280. The Morgan fingerprint density at radius 2 is 1.93 bits per heavy atom. The van der Waals surface area contributed by atoms with Gasteiger partial charge in [-0.1, -0.05) is 37.3 Å². The fraction of sp³-hybridized carbons (Fsp3) is 0.350. The Hall–Kier alpha value is -1.94. The number of benzene rings is 1. The van der Waals surface area contributed by atoms with Gasteiger partial charge >= 0.3 is 0 Å². The van der Waals surface area contributed by atoms with E-state index in [-0.39, 0.29) is 24.0 Å². The lowest BCUT2D eigenvalue weighted by atomic mass is 10.2. The normalized spacial score (nSPS) is 11.1. The van der Waals surface area contributed by atoms with Crippen molar-refractivity contribution in [1.82, 2.24) is 25.6 Å². The molecule has 0 aliphatic heterocycles. The molecule has 3 aromatic rings. The lowest BCUT2D eigenvalue weighted by Crippen LogP contribution is -2.38. The summed E-state index contributed by atoms with van der Waals surface area (Å²) < 4.78 is 0. The number of thiazole rings is 1. The smallest absolute Gasteiger partial charge is 0.191 e. The van der Waals surface area contributed by atoms with E-state index in [2.05, 4.69) is 56.6 Å². The number of aromatic nitrogens is 3. The van der Waals surface area contributed by atoms with Gasteiger partial charge in [-0.05, 0) is 18.9 Å². The summed E-state index contributed by atoms with van der Waals surface area (Å²) in [5.41, 5.74) is 2.13. The van der Waals surface area contributed by atoms with Gasteiger partial charge < -0.3 is 15.6 Å². The van der Waals surface area contributed by atoms with Crippen LogP contribution < -0.4 is 10.6 Å². The van der Waals surface area contributed by atoms with E-state index < -0.39 is 0 Å². The second kappa shape index (κ2) is 11.8. The first-order valence-corrected chi connectivity index (χ1v) is 10.1. The van der Waals surface area contributed by atoms with Crippen molar-refractivity contribution in [3.8, 4) is 11.3 Å². The molecule has 0 spiro atoms. The van der Waals surface area contributed by atoms with Crippen molar-refractivity contribution in [3.05, 3.63) is 58.4 Å². The summed E-state index contributed by atoms with van der Waals surface area (Å²) in [5.74, 6) is 1.64. The topological polar surface area (TPSA) is 78.0 Å². The highest BCUT2D eigenvalue weighted by molar-refractivity contribution is 14.0. The molecule has 2 heterocycles. The largest absolute Gasteiger partial charge is 0.357 e.